The molecule has 2 heterocycles. The molecule has 3 N–H and O–H groups in total. The van der Waals surface area contributed by atoms with Gasteiger partial charge in [0.15, 0.2) is 5.96 Å². The summed E-state index contributed by atoms with van der Waals surface area (Å²) >= 11 is 1.55. The molecule has 1 fully saturated rings. The van der Waals surface area contributed by atoms with E-state index in [-0.39, 0.29) is 6.10 Å². The van der Waals surface area contributed by atoms with Gasteiger partial charge in [-0.15, -0.1) is 11.3 Å². The molecule has 2 unspecified atom stereocenters. The van der Waals surface area contributed by atoms with E-state index in [1.165, 1.54) is 0 Å². The molecule has 0 amide bonds. The van der Waals surface area contributed by atoms with E-state index in [9.17, 15) is 5.11 Å². The Morgan fingerprint density at radius 3 is 3.05 bits per heavy atom. The minimum absolute atomic E-state index is 0.162. The SMILES string of the molecule is CN=C(NCC1CN(C)CCO1)NCC(C)(O)c1cccs1. The summed E-state index contributed by atoms with van der Waals surface area (Å²) in [6.07, 6.45) is 0.162. The highest BCUT2D eigenvalue weighted by Gasteiger charge is 2.24. The van der Waals surface area contributed by atoms with Crippen LogP contribution in [0.15, 0.2) is 22.5 Å². The maximum absolute atomic E-state index is 10.5. The fraction of sp³-hybridized carbons (Fsp3) is 0.667. The Morgan fingerprint density at radius 2 is 2.41 bits per heavy atom. The minimum Gasteiger partial charge on any atom is -0.383 e. The van der Waals surface area contributed by atoms with E-state index in [0.29, 0.717) is 19.0 Å². The fourth-order valence-corrected chi connectivity index (χ4v) is 3.14. The van der Waals surface area contributed by atoms with Gasteiger partial charge in [0.2, 0.25) is 0 Å². The Morgan fingerprint density at radius 1 is 1.59 bits per heavy atom. The van der Waals surface area contributed by atoms with Crippen molar-refractivity contribution < 1.29 is 9.84 Å². The number of nitrogens with one attached hydrogen (secondary N) is 2. The molecule has 0 aliphatic carbocycles. The number of aliphatic imine (C=N–C) groups is 1. The number of ether oxygens (including phenoxy) is 1. The monoisotopic (exact) mass is 326 g/mol. The van der Waals surface area contributed by atoms with Gasteiger partial charge >= 0.3 is 0 Å². The molecule has 124 valence electrons. The molecular formula is C15H26N4O2S. The number of rotatable bonds is 5. The molecule has 7 heteroatoms. The summed E-state index contributed by atoms with van der Waals surface area (Å²) in [5, 5.41) is 18.9. The van der Waals surface area contributed by atoms with Crippen molar-refractivity contribution in [1.29, 1.82) is 0 Å². The summed E-state index contributed by atoms with van der Waals surface area (Å²) in [6.45, 7) is 5.56. The Balaban J connectivity index is 1.78. The Bertz CT molecular complexity index is 476. The first kappa shape index (κ1) is 17.2. The molecule has 1 aliphatic heterocycles. The Kier molecular flexibility index (Phi) is 6.19. The minimum atomic E-state index is -0.909. The second-order valence-corrected chi connectivity index (χ2v) is 6.76. The molecule has 1 saturated heterocycles. The van der Waals surface area contributed by atoms with Crippen LogP contribution in [0.5, 0.6) is 0 Å². The van der Waals surface area contributed by atoms with Crippen LogP contribution in [0, 0.1) is 0 Å². The van der Waals surface area contributed by atoms with Gasteiger partial charge in [0.1, 0.15) is 5.60 Å². The number of likely N-dealkylation sites (N-methyl/N-ethyl adjacent to an activating group) is 1. The molecule has 6 nitrogen and oxygen atoms in total. The first-order valence-corrected chi connectivity index (χ1v) is 8.40. The summed E-state index contributed by atoms with van der Waals surface area (Å²) in [4.78, 5) is 7.39. The molecule has 2 rings (SSSR count). The topological polar surface area (TPSA) is 69.1 Å². The van der Waals surface area contributed by atoms with Crippen molar-refractivity contribution in [2.24, 2.45) is 4.99 Å². The number of guanidine groups is 1. The molecule has 0 saturated carbocycles. The molecule has 2 atom stereocenters. The van der Waals surface area contributed by atoms with Crippen molar-refractivity contribution in [3.63, 3.8) is 0 Å². The normalized spacial score (nSPS) is 23.1. The van der Waals surface area contributed by atoms with Crippen molar-refractivity contribution in [3.8, 4) is 0 Å². The predicted molar refractivity (Wildman–Crippen MR) is 90.5 cm³/mol. The molecule has 0 radical (unpaired) electrons. The smallest absolute Gasteiger partial charge is 0.191 e. The highest BCUT2D eigenvalue weighted by molar-refractivity contribution is 7.10. The fourth-order valence-electron chi connectivity index (χ4n) is 2.35. The van der Waals surface area contributed by atoms with Crippen LogP contribution in [-0.2, 0) is 10.3 Å². The van der Waals surface area contributed by atoms with Crippen LogP contribution in [0.1, 0.15) is 11.8 Å². The average molecular weight is 326 g/mol. The second-order valence-electron chi connectivity index (χ2n) is 5.81. The van der Waals surface area contributed by atoms with Gasteiger partial charge in [-0.3, -0.25) is 4.99 Å². The average Bonchev–Trinajstić information content (AvgIpc) is 3.02. The van der Waals surface area contributed by atoms with E-state index >= 15 is 0 Å². The summed E-state index contributed by atoms with van der Waals surface area (Å²) in [5.74, 6) is 0.675. The maximum atomic E-state index is 10.5. The summed E-state index contributed by atoms with van der Waals surface area (Å²) in [7, 11) is 3.82. The largest absolute Gasteiger partial charge is 0.383 e. The molecule has 22 heavy (non-hydrogen) atoms. The molecule has 0 bridgehead atoms. The molecule has 1 aromatic rings. The quantitative estimate of drug-likeness (QED) is 0.541. The van der Waals surface area contributed by atoms with Gasteiger partial charge in [0.25, 0.3) is 0 Å². The third-order valence-corrected chi connectivity index (χ3v) is 4.84. The molecular weight excluding hydrogens is 300 g/mol. The lowest BCUT2D eigenvalue weighted by Crippen LogP contribution is -2.50. The zero-order valence-corrected chi connectivity index (χ0v) is 14.3. The molecule has 0 aromatic carbocycles. The molecule has 1 aromatic heterocycles. The number of hydrogen-bond donors (Lipinski definition) is 3. The first-order valence-electron chi connectivity index (χ1n) is 7.52. The lowest BCUT2D eigenvalue weighted by atomic mass is 10.1. The van der Waals surface area contributed by atoms with Gasteiger partial charge < -0.3 is 25.4 Å². The molecule has 0 spiro atoms. The number of thiophene rings is 1. The number of nitrogens with zero attached hydrogens (tertiary/aromatic N) is 2. The van der Waals surface area contributed by atoms with Crippen LogP contribution in [0.3, 0.4) is 0 Å². The van der Waals surface area contributed by atoms with Crippen molar-refractivity contribution in [3.05, 3.63) is 22.4 Å². The number of morpholine rings is 1. The third kappa shape index (κ3) is 4.95. The zero-order chi connectivity index (χ0) is 16.0. The van der Waals surface area contributed by atoms with E-state index in [1.807, 2.05) is 17.5 Å². The summed E-state index contributed by atoms with van der Waals surface area (Å²) in [6, 6.07) is 3.88. The van der Waals surface area contributed by atoms with E-state index in [4.69, 9.17) is 4.74 Å². The van der Waals surface area contributed by atoms with E-state index < -0.39 is 5.60 Å². The number of aliphatic hydroxyl groups is 1. The third-order valence-electron chi connectivity index (χ3n) is 3.71. The van der Waals surface area contributed by atoms with Crippen molar-refractivity contribution >= 4 is 17.3 Å². The van der Waals surface area contributed by atoms with Gasteiger partial charge in [-0.1, -0.05) is 6.07 Å². The van der Waals surface area contributed by atoms with Gasteiger partial charge in [-0.2, -0.15) is 0 Å². The van der Waals surface area contributed by atoms with Crippen LogP contribution in [-0.4, -0.2) is 69.0 Å². The number of hydrogen-bond acceptors (Lipinski definition) is 5. The lowest BCUT2D eigenvalue weighted by Gasteiger charge is -2.30. The van der Waals surface area contributed by atoms with E-state index in [0.717, 1.165) is 24.6 Å². The van der Waals surface area contributed by atoms with E-state index in [1.54, 1.807) is 25.3 Å². The highest BCUT2D eigenvalue weighted by atomic mass is 32.1. The second kappa shape index (κ2) is 7.92. The van der Waals surface area contributed by atoms with Crippen molar-refractivity contribution in [1.82, 2.24) is 15.5 Å². The molecule has 1 aliphatic rings. The standard InChI is InChI=1S/C15H26N4O2S/c1-15(20,13-5-4-8-22-13)11-18-14(16-2)17-9-12-10-19(3)6-7-21-12/h4-5,8,12,20H,6-7,9-11H2,1-3H3,(H2,16,17,18). The van der Waals surface area contributed by atoms with Crippen molar-refractivity contribution in [2.45, 2.75) is 18.6 Å². The van der Waals surface area contributed by atoms with Gasteiger partial charge in [-0.25, -0.2) is 0 Å². The van der Waals surface area contributed by atoms with Crippen LogP contribution >= 0.6 is 11.3 Å². The zero-order valence-electron chi connectivity index (χ0n) is 13.5. The van der Waals surface area contributed by atoms with Crippen LogP contribution in [0.2, 0.25) is 0 Å². The van der Waals surface area contributed by atoms with Gasteiger partial charge in [-0.05, 0) is 25.4 Å². The van der Waals surface area contributed by atoms with Crippen molar-refractivity contribution in [2.75, 3.05) is 46.9 Å². The van der Waals surface area contributed by atoms with Crippen LogP contribution in [0.25, 0.3) is 0 Å². The Hall–Kier alpha value is -1.15. The maximum Gasteiger partial charge on any atom is 0.191 e. The van der Waals surface area contributed by atoms with Crippen LogP contribution in [0.4, 0.5) is 0 Å². The van der Waals surface area contributed by atoms with E-state index in [2.05, 4.69) is 27.6 Å². The highest BCUT2D eigenvalue weighted by Crippen LogP contribution is 2.24. The lowest BCUT2D eigenvalue weighted by molar-refractivity contribution is -0.0161. The summed E-state index contributed by atoms with van der Waals surface area (Å²) < 4.78 is 5.71. The summed E-state index contributed by atoms with van der Waals surface area (Å²) in [5.41, 5.74) is -0.909. The Labute approximate surface area is 136 Å². The predicted octanol–water partition coefficient (Wildman–Crippen LogP) is 0.451. The first-order chi connectivity index (χ1) is 10.5. The van der Waals surface area contributed by atoms with Gasteiger partial charge in [0, 0.05) is 31.6 Å². The van der Waals surface area contributed by atoms with Crippen LogP contribution < -0.4 is 10.6 Å². The van der Waals surface area contributed by atoms with Gasteiger partial charge in [0.05, 0.1) is 19.3 Å².